The molecule has 2 aromatic rings. The molecule has 0 amide bonds. The number of allylic oxidation sites excluding steroid dienone is 1. The molecule has 0 bridgehead atoms. The van der Waals surface area contributed by atoms with Crippen LogP contribution in [0.15, 0.2) is 43.4 Å². The Kier molecular flexibility index (Phi) is 7.53. The van der Waals surface area contributed by atoms with Crippen LogP contribution in [0.5, 0.6) is 6.01 Å². The molecule has 6 heteroatoms. The van der Waals surface area contributed by atoms with E-state index >= 15 is 0 Å². The number of nitrogens with zero attached hydrogens (tertiary/aromatic N) is 5. The molecule has 0 aliphatic carbocycles. The average molecular weight is 355 g/mol. The van der Waals surface area contributed by atoms with Gasteiger partial charge in [0.05, 0.1) is 0 Å². The van der Waals surface area contributed by atoms with Crippen molar-refractivity contribution < 1.29 is 4.74 Å². The third-order valence-electron chi connectivity index (χ3n) is 4.00. The van der Waals surface area contributed by atoms with E-state index in [1.54, 1.807) is 6.20 Å². The lowest BCUT2D eigenvalue weighted by molar-refractivity contribution is 0.126. The fourth-order valence-electron chi connectivity index (χ4n) is 2.78. The van der Waals surface area contributed by atoms with Gasteiger partial charge in [0.15, 0.2) is 0 Å². The van der Waals surface area contributed by atoms with E-state index in [0.29, 0.717) is 6.01 Å². The fraction of sp³-hybridized carbons (Fsp3) is 0.450. The third-order valence-corrected chi connectivity index (χ3v) is 4.00. The lowest BCUT2D eigenvalue weighted by Crippen LogP contribution is -2.33. The molecule has 2 heterocycles. The van der Waals surface area contributed by atoms with Crippen molar-refractivity contribution in [3.63, 3.8) is 0 Å². The molecule has 2 rings (SSSR count). The first kappa shape index (κ1) is 19.8. The molecule has 0 fully saturated rings. The number of aryl methyl sites for hydroxylation is 1. The Balaban J connectivity index is 2.04. The maximum atomic E-state index is 6.12. The maximum Gasteiger partial charge on any atom is 0.318 e. The molecule has 26 heavy (non-hydrogen) atoms. The molecule has 0 saturated carbocycles. The lowest BCUT2D eigenvalue weighted by Gasteiger charge is -2.24. The van der Waals surface area contributed by atoms with Crippen molar-refractivity contribution in [2.75, 3.05) is 32.6 Å². The van der Waals surface area contributed by atoms with Crippen molar-refractivity contribution >= 4 is 5.82 Å². The highest BCUT2D eigenvalue weighted by Crippen LogP contribution is 2.18. The topological polar surface area (TPSA) is 54.4 Å². The number of hydrogen-bond donors (Lipinski definition) is 0. The molecule has 0 N–H and O–H groups in total. The molecule has 0 spiro atoms. The Labute approximate surface area is 156 Å². The van der Waals surface area contributed by atoms with Gasteiger partial charge in [0.25, 0.3) is 0 Å². The van der Waals surface area contributed by atoms with Crippen molar-refractivity contribution in [3.05, 3.63) is 54.5 Å². The van der Waals surface area contributed by atoms with Crippen LogP contribution < -0.4 is 9.64 Å². The fourth-order valence-corrected chi connectivity index (χ4v) is 2.78. The van der Waals surface area contributed by atoms with E-state index in [9.17, 15) is 0 Å². The van der Waals surface area contributed by atoms with Crippen LogP contribution in [0.25, 0.3) is 0 Å². The molecule has 0 saturated heterocycles. The Bertz CT molecular complexity index is 690. The van der Waals surface area contributed by atoms with Crippen LogP contribution in [0.2, 0.25) is 0 Å². The van der Waals surface area contributed by atoms with Gasteiger partial charge in [-0.3, -0.25) is 9.88 Å². The number of likely N-dealkylation sites (N-methyl/N-ethyl adjacent to an activating group) is 1. The first-order valence-electron chi connectivity index (χ1n) is 8.85. The van der Waals surface area contributed by atoms with E-state index in [2.05, 4.69) is 39.5 Å². The molecule has 0 aromatic carbocycles. The zero-order chi connectivity index (χ0) is 18.9. The van der Waals surface area contributed by atoms with Crippen molar-refractivity contribution in [2.24, 2.45) is 0 Å². The van der Waals surface area contributed by atoms with E-state index in [4.69, 9.17) is 4.74 Å². The lowest BCUT2D eigenvalue weighted by atomic mass is 10.1. The largest absolute Gasteiger partial charge is 0.459 e. The molecule has 140 valence electrons. The summed E-state index contributed by atoms with van der Waals surface area (Å²) in [5.41, 5.74) is 2.21. The second-order valence-electron chi connectivity index (χ2n) is 6.72. The van der Waals surface area contributed by atoms with Gasteiger partial charge < -0.3 is 9.64 Å². The summed E-state index contributed by atoms with van der Waals surface area (Å²) in [6, 6.07) is 4.45. The van der Waals surface area contributed by atoms with E-state index in [1.807, 2.05) is 50.5 Å². The monoisotopic (exact) mass is 355 g/mol. The first-order chi connectivity index (χ1) is 12.5. The van der Waals surface area contributed by atoms with E-state index < -0.39 is 0 Å². The minimum atomic E-state index is -0.00705. The van der Waals surface area contributed by atoms with E-state index in [0.717, 1.165) is 37.3 Å². The highest BCUT2D eigenvalue weighted by atomic mass is 16.5. The van der Waals surface area contributed by atoms with Gasteiger partial charge in [0.2, 0.25) is 0 Å². The number of pyridine rings is 1. The van der Waals surface area contributed by atoms with Crippen LogP contribution in [0.1, 0.15) is 24.0 Å². The number of anilines is 1. The number of aromatic nitrogens is 3. The van der Waals surface area contributed by atoms with Crippen molar-refractivity contribution in [3.8, 4) is 6.01 Å². The van der Waals surface area contributed by atoms with E-state index in [1.165, 1.54) is 5.56 Å². The smallest absolute Gasteiger partial charge is 0.318 e. The van der Waals surface area contributed by atoms with Gasteiger partial charge in [-0.25, -0.2) is 4.98 Å². The predicted octanol–water partition coefficient (Wildman–Crippen LogP) is 3.09. The summed E-state index contributed by atoms with van der Waals surface area (Å²) < 4.78 is 6.12. The zero-order valence-electron chi connectivity index (χ0n) is 16.2. The summed E-state index contributed by atoms with van der Waals surface area (Å²) in [5.74, 6) is 0.876. The third kappa shape index (κ3) is 6.11. The highest BCUT2D eigenvalue weighted by Gasteiger charge is 2.16. The van der Waals surface area contributed by atoms with Crippen molar-refractivity contribution in [1.82, 2.24) is 19.9 Å². The summed E-state index contributed by atoms with van der Waals surface area (Å²) >= 11 is 0. The van der Waals surface area contributed by atoms with Crippen LogP contribution in [-0.2, 0) is 6.54 Å². The normalized spacial score (nSPS) is 12.0. The summed E-state index contributed by atoms with van der Waals surface area (Å²) in [6.45, 7) is 7.41. The first-order valence-corrected chi connectivity index (χ1v) is 8.85. The minimum Gasteiger partial charge on any atom is -0.459 e. The zero-order valence-corrected chi connectivity index (χ0v) is 16.2. The van der Waals surface area contributed by atoms with Crippen LogP contribution in [-0.4, -0.2) is 53.6 Å². The molecular weight excluding hydrogens is 326 g/mol. The van der Waals surface area contributed by atoms with Gasteiger partial charge in [0.1, 0.15) is 11.9 Å². The molecular formula is C20H29N5O. The van der Waals surface area contributed by atoms with Crippen LogP contribution in [0.4, 0.5) is 5.82 Å². The predicted molar refractivity (Wildman–Crippen MR) is 106 cm³/mol. The molecule has 6 nitrogen and oxygen atoms in total. The van der Waals surface area contributed by atoms with Crippen LogP contribution in [0, 0.1) is 6.92 Å². The standard InChI is InChI=1S/C20H29N5O/c1-6-7-10-18(15-25(5)14-17-9-8-11-21-13-17)26-20-22-12-16(2)19(23-20)24(3)4/h6,8-9,11-13,18H,1,7,10,14-15H2,2-5H3. The van der Waals surface area contributed by atoms with Gasteiger partial charge >= 0.3 is 6.01 Å². The molecule has 0 radical (unpaired) electrons. The maximum absolute atomic E-state index is 6.12. The number of hydrogen-bond acceptors (Lipinski definition) is 6. The number of rotatable bonds is 10. The van der Waals surface area contributed by atoms with Crippen LogP contribution >= 0.6 is 0 Å². The van der Waals surface area contributed by atoms with Gasteiger partial charge in [-0.1, -0.05) is 12.1 Å². The molecule has 2 aromatic heterocycles. The summed E-state index contributed by atoms with van der Waals surface area (Å²) in [7, 11) is 6.02. The summed E-state index contributed by atoms with van der Waals surface area (Å²) in [4.78, 5) is 17.3. The Morgan fingerprint density at radius 1 is 1.27 bits per heavy atom. The second-order valence-corrected chi connectivity index (χ2v) is 6.72. The molecule has 0 aliphatic rings. The van der Waals surface area contributed by atoms with E-state index in [-0.39, 0.29) is 6.10 Å². The van der Waals surface area contributed by atoms with Crippen molar-refractivity contribution in [2.45, 2.75) is 32.4 Å². The molecule has 1 unspecified atom stereocenters. The highest BCUT2D eigenvalue weighted by molar-refractivity contribution is 5.44. The summed E-state index contributed by atoms with van der Waals surface area (Å²) in [6.07, 6.45) is 9.15. The number of ether oxygens (including phenoxy) is 1. The average Bonchev–Trinajstić information content (AvgIpc) is 2.61. The van der Waals surface area contributed by atoms with Gasteiger partial charge in [0, 0.05) is 51.3 Å². The SMILES string of the molecule is C=CCCC(CN(C)Cc1cccnc1)Oc1ncc(C)c(N(C)C)n1. The van der Waals surface area contributed by atoms with Crippen molar-refractivity contribution in [1.29, 1.82) is 0 Å². The van der Waals surface area contributed by atoms with Gasteiger partial charge in [-0.2, -0.15) is 4.98 Å². The second kappa shape index (κ2) is 9.87. The minimum absolute atomic E-state index is 0.00705. The van der Waals surface area contributed by atoms with Gasteiger partial charge in [-0.05, 0) is 38.4 Å². The molecule has 0 aliphatic heterocycles. The quantitative estimate of drug-likeness (QED) is 0.611. The molecule has 1 atom stereocenters. The Morgan fingerprint density at radius 2 is 2.08 bits per heavy atom. The Morgan fingerprint density at radius 3 is 2.73 bits per heavy atom. The van der Waals surface area contributed by atoms with Crippen LogP contribution in [0.3, 0.4) is 0 Å². The Hall–Kier alpha value is -2.47. The summed E-state index contributed by atoms with van der Waals surface area (Å²) in [5, 5.41) is 0. The van der Waals surface area contributed by atoms with Gasteiger partial charge in [-0.15, -0.1) is 6.58 Å².